The van der Waals surface area contributed by atoms with Gasteiger partial charge in [0, 0.05) is 36.3 Å². The highest BCUT2D eigenvalue weighted by Gasteiger charge is 2.14. The van der Waals surface area contributed by atoms with Gasteiger partial charge in [-0.3, -0.25) is 14.3 Å². The molecule has 144 valence electrons. The molecule has 28 heavy (non-hydrogen) atoms. The number of ether oxygens (including phenoxy) is 1. The number of hydrogen-bond acceptors (Lipinski definition) is 3. The summed E-state index contributed by atoms with van der Waals surface area (Å²) < 4.78 is 7.58. The molecule has 0 aliphatic rings. The molecule has 2 aromatic carbocycles. The molecule has 0 saturated heterocycles. The monoisotopic (exact) mass is 374 g/mol. The van der Waals surface area contributed by atoms with Crippen molar-refractivity contribution in [2.24, 2.45) is 0 Å². The zero-order valence-electron chi connectivity index (χ0n) is 16.3. The van der Waals surface area contributed by atoms with E-state index in [1.165, 1.54) is 0 Å². The van der Waals surface area contributed by atoms with Gasteiger partial charge in [-0.15, -0.1) is 13.2 Å². The minimum atomic E-state index is -0.0339. The molecule has 0 bridgehead atoms. The van der Waals surface area contributed by atoms with Crippen LogP contribution in [0.25, 0.3) is 10.9 Å². The second-order valence-corrected chi connectivity index (χ2v) is 6.69. The van der Waals surface area contributed by atoms with Crippen LogP contribution >= 0.6 is 0 Å². The number of hydrogen-bond donors (Lipinski definition) is 0. The molecule has 0 atom stereocenters. The van der Waals surface area contributed by atoms with Crippen molar-refractivity contribution in [2.45, 2.75) is 6.92 Å². The van der Waals surface area contributed by atoms with Gasteiger partial charge in [0.15, 0.2) is 0 Å². The molecule has 4 heteroatoms. The van der Waals surface area contributed by atoms with Crippen LogP contribution in [-0.4, -0.2) is 41.6 Å². The molecule has 0 saturated carbocycles. The molecular weight excluding hydrogens is 348 g/mol. The number of carbonyl (C=O) groups excluding carboxylic acids is 1. The SMILES string of the molecule is C=CCN(CC=C)CCOc1ccc(C(=O)n2c(C)cc3ccccc32)cc1. The van der Waals surface area contributed by atoms with E-state index in [1.54, 1.807) is 4.57 Å². The number of benzene rings is 2. The van der Waals surface area contributed by atoms with Crippen LogP contribution in [0.1, 0.15) is 16.1 Å². The first-order chi connectivity index (χ1) is 13.6. The minimum absolute atomic E-state index is 0.0339. The van der Waals surface area contributed by atoms with Crippen LogP contribution in [0.3, 0.4) is 0 Å². The van der Waals surface area contributed by atoms with Gasteiger partial charge in [-0.25, -0.2) is 0 Å². The van der Waals surface area contributed by atoms with Crippen molar-refractivity contribution in [3.63, 3.8) is 0 Å². The van der Waals surface area contributed by atoms with Crippen LogP contribution in [0.15, 0.2) is 79.9 Å². The molecule has 1 aromatic heterocycles. The van der Waals surface area contributed by atoms with E-state index in [4.69, 9.17) is 4.74 Å². The zero-order valence-corrected chi connectivity index (χ0v) is 16.3. The number of nitrogens with zero attached hydrogens (tertiary/aromatic N) is 2. The van der Waals surface area contributed by atoms with Crippen molar-refractivity contribution in [3.8, 4) is 5.75 Å². The number of carbonyl (C=O) groups is 1. The third-order valence-electron chi connectivity index (χ3n) is 4.65. The van der Waals surface area contributed by atoms with Gasteiger partial charge in [-0.2, -0.15) is 0 Å². The Morgan fingerprint density at radius 2 is 1.75 bits per heavy atom. The summed E-state index contributed by atoms with van der Waals surface area (Å²) in [5.41, 5.74) is 2.49. The fourth-order valence-electron chi connectivity index (χ4n) is 3.30. The number of fused-ring (bicyclic) bond motifs is 1. The van der Waals surface area contributed by atoms with Crippen LogP contribution in [0.2, 0.25) is 0 Å². The van der Waals surface area contributed by atoms with E-state index in [2.05, 4.69) is 18.1 Å². The minimum Gasteiger partial charge on any atom is -0.492 e. The number of para-hydroxylation sites is 1. The van der Waals surface area contributed by atoms with Gasteiger partial charge in [0.25, 0.3) is 5.91 Å². The summed E-state index contributed by atoms with van der Waals surface area (Å²) in [7, 11) is 0. The van der Waals surface area contributed by atoms with Crippen molar-refractivity contribution < 1.29 is 9.53 Å². The van der Waals surface area contributed by atoms with E-state index >= 15 is 0 Å². The topological polar surface area (TPSA) is 34.5 Å². The van der Waals surface area contributed by atoms with E-state index in [1.807, 2.05) is 73.7 Å². The Balaban J connectivity index is 1.67. The Morgan fingerprint density at radius 1 is 1.07 bits per heavy atom. The normalized spacial score (nSPS) is 10.9. The summed E-state index contributed by atoms with van der Waals surface area (Å²) in [6, 6.07) is 17.3. The van der Waals surface area contributed by atoms with Gasteiger partial charge < -0.3 is 4.74 Å². The fourth-order valence-corrected chi connectivity index (χ4v) is 3.30. The molecule has 3 aromatic rings. The van der Waals surface area contributed by atoms with E-state index in [9.17, 15) is 4.79 Å². The molecule has 4 nitrogen and oxygen atoms in total. The van der Waals surface area contributed by atoms with Crippen LogP contribution < -0.4 is 4.74 Å². The maximum atomic E-state index is 13.0. The molecule has 0 aliphatic carbocycles. The number of aryl methyl sites for hydroxylation is 1. The lowest BCUT2D eigenvalue weighted by Crippen LogP contribution is -2.28. The maximum absolute atomic E-state index is 13.0. The molecule has 0 N–H and O–H groups in total. The molecule has 0 aliphatic heterocycles. The molecule has 3 rings (SSSR count). The highest BCUT2D eigenvalue weighted by atomic mass is 16.5. The van der Waals surface area contributed by atoms with Crippen LogP contribution in [0.5, 0.6) is 5.75 Å². The quantitative estimate of drug-likeness (QED) is 0.510. The highest BCUT2D eigenvalue weighted by molar-refractivity contribution is 6.02. The maximum Gasteiger partial charge on any atom is 0.262 e. The molecule has 0 spiro atoms. The Bertz CT molecular complexity index is 960. The second kappa shape index (κ2) is 9.20. The summed E-state index contributed by atoms with van der Waals surface area (Å²) in [6.07, 6.45) is 3.74. The predicted octanol–water partition coefficient (Wildman–Crippen LogP) is 4.69. The van der Waals surface area contributed by atoms with Gasteiger partial charge in [0.2, 0.25) is 0 Å². The summed E-state index contributed by atoms with van der Waals surface area (Å²) >= 11 is 0. The molecule has 0 amide bonds. The first-order valence-corrected chi connectivity index (χ1v) is 9.43. The number of aromatic nitrogens is 1. The standard InChI is InChI=1S/C24H26N2O2/c1-4-14-25(15-5-2)16-17-28-22-12-10-20(11-13-22)24(27)26-19(3)18-21-8-6-7-9-23(21)26/h4-13,18H,1-2,14-17H2,3H3. The van der Waals surface area contributed by atoms with Crippen molar-refractivity contribution in [1.82, 2.24) is 9.47 Å². The summed E-state index contributed by atoms with van der Waals surface area (Å²) in [4.78, 5) is 15.2. The van der Waals surface area contributed by atoms with Crippen LogP contribution in [0.4, 0.5) is 0 Å². The molecule has 0 unspecified atom stereocenters. The van der Waals surface area contributed by atoms with Gasteiger partial charge in [0.05, 0.1) is 5.52 Å². The third-order valence-corrected chi connectivity index (χ3v) is 4.65. The van der Waals surface area contributed by atoms with Gasteiger partial charge in [-0.1, -0.05) is 30.4 Å². The lowest BCUT2D eigenvalue weighted by molar-refractivity contribution is 0.0963. The van der Waals surface area contributed by atoms with Crippen molar-refractivity contribution in [1.29, 1.82) is 0 Å². The smallest absolute Gasteiger partial charge is 0.262 e. The van der Waals surface area contributed by atoms with Crippen LogP contribution in [0, 0.1) is 6.92 Å². The first-order valence-electron chi connectivity index (χ1n) is 9.43. The van der Waals surface area contributed by atoms with Crippen LogP contribution in [-0.2, 0) is 0 Å². The molecule has 0 fully saturated rings. The Hall–Kier alpha value is -3.11. The average Bonchev–Trinajstić information content (AvgIpc) is 3.04. The first kappa shape index (κ1) is 19.6. The Labute approximate surface area is 166 Å². The second-order valence-electron chi connectivity index (χ2n) is 6.69. The molecule has 1 heterocycles. The van der Waals surface area contributed by atoms with Gasteiger partial charge >= 0.3 is 0 Å². The van der Waals surface area contributed by atoms with E-state index in [0.29, 0.717) is 12.2 Å². The molecule has 0 radical (unpaired) electrons. The summed E-state index contributed by atoms with van der Waals surface area (Å²) in [5.74, 6) is 0.719. The summed E-state index contributed by atoms with van der Waals surface area (Å²) in [6.45, 7) is 12.4. The Kier molecular flexibility index (Phi) is 6.45. The van der Waals surface area contributed by atoms with Gasteiger partial charge in [-0.05, 0) is 43.3 Å². The van der Waals surface area contributed by atoms with Gasteiger partial charge in [0.1, 0.15) is 12.4 Å². The van der Waals surface area contributed by atoms with E-state index < -0.39 is 0 Å². The molecular formula is C24H26N2O2. The van der Waals surface area contributed by atoms with E-state index in [-0.39, 0.29) is 5.91 Å². The Morgan fingerprint density at radius 3 is 2.43 bits per heavy atom. The zero-order chi connectivity index (χ0) is 19.9. The van der Waals surface area contributed by atoms with Crippen molar-refractivity contribution in [3.05, 3.63) is 91.2 Å². The predicted molar refractivity (Wildman–Crippen MR) is 115 cm³/mol. The lowest BCUT2D eigenvalue weighted by Gasteiger charge is -2.18. The number of rotatable bonds is 9. The largest absolute Gasteiger partial charge is 0.492 e. The van der Waals surface area contributed by atoms with E-state index in [0.717, 1.165) is 42.0 Å². The lowest BCUT2D eigenvalue weighted by atomic mass is 10.2. The van der Waals surface area contributed by atoms with Crippen molar-refractivity contribution in [2.75, 3.05) is 26.2 Å². The highest BCUT2D eigenvalue weighted by Crippen LogP contribution is 2.21. The summed E-state index contributed by atoms with van der Waals surface area (Å²) in [5, 5.41) is 1.07. The average molecular weight is 374 g/mol. The fraction of sp³-hybridized carbons (Fsp3) is 0.208. The third kappa shape index (κ3) is 4.41. The van der Waals surface area contributed by atoms with Crippen molar-refractivity contribution >= 4 is 16.8 Å².